The summed E-state index contributed by atoms with van der Waals surface area (Å²) in [7, 11) is 0. The fourth-order valence-corrected chi connectivity index (χ4v) is 0.786. The van der Waals surface area contributed by atoms with E-state index in [4.69, 9.17) is 21.2 Å². The molecule has 8 nitrogen and oxygen atoms in total. The van der Waals surface area contributed by atoms with Gasteiger partial charge in [-0.05, 0) is 0 Å². The normalized spacial score (nSPS) is 19.8. The summed E-state index contributed by atoms with van der Waals surface area (Å²) in [5.74, 6) is 4.72. The van der Waals surface area contributed by atoms with E-state index in [2.05, 4.69) is 4.84 Å². The molecule has 0 saturated carbocycles. The molecule has 0 aromatic rings. The number of hydrogen-bond donors (Lipinski definition) is 6. The van der Waals surface area contributed by atoms with Gasteiger partial charge in [0.15, 0.2) is 12.4 Å². The van der Waals surface area contributed by atoms with Crippen LogP contribution >= 0.6 is 0 Å². The van der Waals surface area contributed by atoms with E-state index in [0.29, 0.717) is 0 Å². The molecule has 0 bridgehead atoms. The second-order valence-electron chi connectivity index (χ2n) is 2.57. The Bertz CT molecular complexity index is 168. The summed E-state index contributed by atoms with van der Waals surface area (Å²) in [6.07, 6.45) is -6.20. The van der Waals surface area contributed by atoms with Gasteiger partial charge in [-0.2, -0.15) is 0 Å². The highest BCUT2D eigenvalue weighted by molar-refractivity contribution is 5.57. The number of nitrogens with one attached hydrogen (secondary N) is 1. The third-order valence-electron chi connectivity index (χ3n) is 1.61. The summed E-state index contributed by atoms with van der Waals surface area (Å²) < 4.78 is 0. The van der Waals surface area contributed by atoms with Crippen LogP contribution in [0.1, 0.15) is 0 Å². The van der Waals surface area contributed by atoms with Crippen LogP contribution in [-0.4, -0.2) is 57.7 Å². The van der Waals surface area contributed by atoms with Crippen molar-refractivity contribution in [3.8, 4) is 0 Å². The summed E-state index contributed by atoms with van der Waals surface area (Å²) >= 11 is 0. The van der Waals surface area contributed by atoms with Gasteiger partial charge >= 0.3 is 0 Å². The molecule has 0 aromatic carbocycles. The first kappa shape index (κ1) is 13.4. The van der Waals surface area contributed by atoms with E-state index >= 15 is 0 Å². The summed E-state index contributed by atoms with van der Waals surface area (Å²) in [5.41, 5.74) is 1.66. The molecule has 0 saturated heterocycles. The number of hydrogen-bond acceptors (Lipinski definition) is 8. The molecule has 7 N–H and O–H groups in total. The minimum absolute atomic E-state index is 0.192. The molecule has 8 heteroatoms. The molecule has 0 aliphatic heterocycles. The first-order chi connectivity index (χ1) is 6.58. The van der Waals surface area contributed by atoms with Crippen molar-refractivity contribution in [3.05, 3.63) is 0 Å². The maximum absolute atomic E-state index is 10.3. The monoisotopic (exact) mass is 210 g/mol. The Morgan fingerprint density at radius 2 is 1.93 bits per heavy atom. The molecule has 84 valence electrons. The van der Waals surface area contributed by atoms with Gasteiger partial charge in [-0.3, -0.25) is 4.84 Å². The average molecular weight is 210 g/mol. The SMILES string of the molecule is NNO[C@H](C=O)[C@H](O)[C@H](O)[C@H](O)CO. The lowest BCUT2D eigenvalue weighted by Gasteiger charge is -2.24. The molecule has 0 aromatic heterocycles. The zero-order chi connectivity index (χ0) is 11.1. The highest BCUT2D eigenvalue weighted by atomic mass is 16.7. The number of hydrazine groups is 1. The Labute approximate surface area is 79.8 Å². The van der Waals surface area contributed by atoms with Gasteiger partial charge in [-0.15, -0.1) is 5.59 Å². The van der Waals surface area contributed by atoms with Crippen molar-refractivity contribution < 1.29 is 30.1 Å². The second kappa shape index (κ2) is 6.79. The molecule has 4 atom stereocenters. The van der Waals surface area contributed by atoms with Crippen molar-refractivity contribution in [3.63, 3.8) is 0 Å². The minimum atomic E-state index is -1.71. The number of carbonyl (C=O) groups is 1. The standard InChI is InChI=1S/C6H14N2O6/c7-8-14-4(2-10)6(13)5(12)3(11)1-9/h2-6,8-9,11-13H,1,7H2/t3-,4-,5-,6+/m1/s1. The Balaban J connectivity index is 4.25. The molecule has 0 aliphatic rings. The molecule has 0 radical (unpaired) electrons. The van der Waals surface area contributed by atoms with Crippen LogP contribution in [0.4, 0.5) is 0 Å². The summed E-state index contributed by atoms with van der Waals surface area (Å²) in [6, 6.07) is 0. The van der Waals surface area contributed by atoms with Crippen molar-refractivity contribution in [2.45, 2.75) is 24.4 Å². The van der Waals surface area contributed by atoms with Crippen LogP contribution in [0.5, 0.6) is 0 Å². The van der Waals surface area contributed by atoms with Gasteiger partial charge in [0.1, 0.15) is 18.3 Å². The van der Waals surface area contributed by atoms with Crippen molar-refractivity contribution in [1.29, 1.82) is 0 Å². The highest BCUT2D eigenvalue weighted by Gasteiger charge is 2.31. The van der Waals surface area contributed by atoms with Crippen molar-refractivity contribution in [2.75, 3.05) is 6.61 Å². The summed E-state index contributed by atoms with van der Waals surface area (Å²) in [6.45, 7) is -0.750. The lowest BCUT2D eigenvalue weighted by Crippen LogP contribution is -2.49. The van der Waals surface area contributed by atoms with Crippen LogP contribution in [0, 0.1) is 0 Å². The van der Waals surface area contributed by atoms with Crippen molar-refractivity contribution in [2.24, 2.45) is 5.84 Å². The number of carbonyl (C=O) groups excluding carboxylic acids is 1. The van der Waals surface area contributed by atoms with Gasteiger partial charge in [-0.25, -0.2) is 5.84 Å². The summed E-state index contributed by atoms with van der Waals surface area (Å²) in [4.78, 5) is 14.6. The maximum Gasteiger partial charge on any atom is 0.164 e. The third-order valence-corrected chi connectivity index (χ3v) is 1.61. The van der Waals surface area contributed by atoms with Crippen molar-refractivity contribution in [1.82, 2.24) is 5.59 Å². The van der Waals surface area contributed by atoms with Crippen LogP contribution in [0.25, 0.3) is 0 Å². The minimum Gasteiger partial charge on any atom is -0.394 e. The van der Waals surface area contributed by atoms with E-state index in [1.165, 1.54) is 0 Å². The fraction of sp³-hybridized carbons (Fsp3) is 0.833. The predicted octanol–water partition coefficient (Wildman–Crippen LogP) is -3.98. The first-order valence-corrected chi connectivity index (χ1v) is 3.80. The van der Waals surface area contributed by atoms with E-state index in [0.717, 1.165) is 0 Å². The highest BCUT2D eigenvalue weighted by Crippen LogP contribution is 2.05. The number of rotatable bonds is 7. The van der Waals surface area contributed by atoms with E-state index in [1.54, 1.807) is 5.59 Å². The number of aliphatic hydroxyl groups is 4. The number of aliphatic hydroxyl groups excluding tert-OH is 4. The number of nitrogens with two attached hydrogens (primary N) is 1. The Hall–Kier alpha value is -0.610. The van der Waals surface area contributed by atoms with Crippen LogP contribution in [0.3, 0.4) is 0 Å². The van der Waals surface area contributed by atoms with Crippen LogP contribution in [0.15, 0.2) is 0 Å². The second-order valence-corrected chi connectivity index (χ2v) is 2.57. The van der Waals surface area contributed by atoms with E-state index < -0.39 is 31.0 Å². The topological polar surface area (TPSA) is 145 Å². The van der Waals surface area contributed by atoms with Crippen LogP contribution in [0.2, 0.25) is 0 Å². The molecule has 0 fully saturated rings. The quantitative estimate of drug-likeness (QED) is 0.142. The van der Waals surface area contributed by atoms with Crippen LogP contribution < -0.4 is 11.4 Å². The first-order valence-electron chi connectivity index (χ1n) is 3.80. The number of aldehydes is 1. The van der Waals surface area contributed by atoms with Crippen molar-refractivity contribution >= 4 is 6.29 Å². The molecule has 0 heterocycles. The lowest BCUT2D eigenvalue weighted by molar-refractivity contribution is -0.159. The lowest BCUT2D eigenvalue weighted by atomic mass is 10.0. The Kier molecular flexibility index (Phi) is 6.49. The van der Waals surface area contributed by atoms with Gasteiger partial charge in [0.25, 0.3) is 0 Å². The van der Waals surface area contributed by atoms with Gasteiger partial charge < -0.3 is 25.2 Å². The fourth-order valence-electron chi connectivity index (χ4n) is 0.786. The average Bonchev–Trinajstić information content (AvgIpc) is 2.22. The largest absolute Gasteiger partial charge is 0.394 e. The van der Waals surface area contributed by atoms with Gasteiger partial charge in [0.2, 0.25) is 0 Å². The van der Waals surface area contributed by atoms with E-state index in [9.17, 15) is 9.90 Å². The van der Waals surface area contributed by atoms with Crippen LogP contribution in [-0.2, 0) is 9.63 Å². The zero-order valence-corrected chi connectivity index (χ0v) is 7.28. The molecule has 0 aliphatic carbocycles. The molecule has 0 unspecified atom stereocenters. The predicted molar refractivity (Wildman–Crippen MR) is 43.4 cm³/mol. The van der Waals surface area contributed by atoms with E-state index in [-0.39, 0.29) is 6.29 Å². The molecule has 14 heavy (non-hydrogen) atoms. The summed E-state index contributed by atoms with van der Waals surface area (Å²) in [5, 5.41) is 35.8. The van der Waals surface area contributed by atoms with Gasteiger partial charge in [0.05, 0.1) is 6.61 Å². The maximum atomic E-state index is 10.3. The third kappa shape index (κ3) is 3.64. The van der Waals surface area contributed by atoms with Gasteiger partial charge in [-0.1, -0.05) is 0 Å². The molecular weight excluding hydrogens is 196 g/mol. The molecule has 0 amide bonds. The zero-order valence-electron chi connectivity index (χ0n) is 7.28. The smallest absolute Gasteiger partial charge is 0.164 e. The molecule has 0 spiro atoms. The molecular formula is C6H14N2O6. The Morgan fingerprint density at radius 3 is 2.29 bits per heavy atom. The van der Waals surface area contributed by atoms with Gasteiger partial charge in [0, 0.05) is 0 Å². The van der Waals surface area contributed by atoms with E-state index in [1.807, 2.05) is 0 Å². The Morgan fingerprint density at radius 1 is 1.36 bits per heavy atom. The molecule has 0 rings (SSSR count).